The van der Waals surface area contributed by atoms with Gasteiger partial charge in [0.05, 0.1) is 27.0 Å². The molecule has 5 heteroatoms. The molecule has 1 amide bonds. The van der Waals surface area contributed by atoms with Crippen LogP contribution in [0.4, 0.5) is 5.69 Å². The highest BCUT2D eigenvalue weighted by atomic mass is 16.5. The lowest BCUT2D eigenvalue weighted by atomic mass is 10.1. The van der Waals surface area contributed by atoms with Gasteiger partial charge in [0.1, 0.15) is 17.2 Å². The molecule has 2 aromatic carbocycles. The minimum absolute atomic E-state index is 0.257. The molecule has 2 aromatic rings. The Labute approximate surface area is 135 Å². The molecular formula is C18H19NO4. The Kier molecular flexibility index (Phi) is 5.63. The summed E-state index contributed by atoms with van der Waals surface area (Å²) < 4.78 is 15.6. The molecule has 0 radical (unpaired) electrons. The summed E-state index contributed by atoms with van der Waals surface area (Å²) in [6, 6.07) is 12.6. The van der Waals surface area contributed by atoms with Gasteiger partial charge in [0.15, 0.2) is 0 Å². The van der Waals surface area contributed by atoms with Gasteiger partial charge >= 0.3 is 0 Å². The number of rotatable bonds is 6. The highest BCUT2D eigenvalue weighted by molar-refractivity contribution is 6.02. The standard InChI is InChI=1S/C18H19NO4/c1-21-14-10-8-13(17(12-14)23-3)9-11-18(20)19-15-6-4-5-7-16(15)22-2/h4-12H,1-3H3,(H,19,20). The fourth-order valence-electron chi connectivity index (χ4n) is 2.04. The van der Waals surface area contributed by atoms with Gasteiger partial charge in [0.25, 0.3) is 0 Å². The second-order valence-electron chi connectivity index (χ2n) is 4.63. The second kappa shape index (κ2) is 7.89. The fraction of sp³-hybridized carbons (Fsp3) is 0.167. The van der Waals surface area contributed by atoms with Crippen LogP contribution in [0.1, 0.15) is 5.56 Å². The van der Waals surface area contributed by atoms with Gasteiger partial charge in [-0.05, 0) is 30.3 Å². The molecule has 0 unspecified atom stereocenters. The first-order valence-electron chi connectivity index (χ1n) is 7.02. The van der Waals surface area contributed by atoms with E-state index in [4.69, 9.17) is 14.2 Å². The average Bonchev–Trinajstić information content (AvgIpc) is 2.60. The number of hydrogen-bond donors (Lipinski definition) is 1. The summed E-state index contributed by atoms with van der Waals surface area (Å²) in [5, 5.41) is 2.78. The normalized spacial score (nSPS) is 10.4. The first-order chi connectivity index (χ1) is 11.2. The molecule has 5 nitrogen and oxygen atoms in total. The molecule has 0 saturated carbocycles. The molecule has 0 spiro atoms. The van der Waals surface area contributed by atoms with E-state index in [1.165, 1.54) is 6.08 Å². The van der Waals surface area contributed by atoms with Crippen LogP contribution in [0.15, 0.2) is 48.5 Å². The van der Waals surface area contributed by atoms with Gasteiger partial charge < -0.3 is 19.5 Å². The van der Waals surface area contributed by atoms with Crippen LogP contribution in [0.25, 0.3) is 6.08 Å². The van der Waals surface area contributed by atoms with Gasteiger partial charge in [0.2, 0.25) is 5.91 Å². The maximum atomic E-state index is 12.1. The van der Waals surface area contributed by atoms with E-state index in [1.807, 2.05) is 18.2 Å². The molecule has 0 aliphatic rings. The predicted molar refractivity (Wildman–Crippen MR) is 90.2 cm³/mol. The Morgan fingerprint density at radius 2 is 1.70 bits per heavy atom. The molecule has 0 atom stereocenters. The van der Waals surface area contributed by atoms with Gasteiger partial charge in [-0.25, -0.2) is 0 Å². The molecule has 0 aromatic heterocycles. The number of methoxy groups -OCH3 is 3. The zero-order valence-corrected chi connectivity index (χ0v) is 13.3. The van der Waals surface area contributed by atoms with Gasteiger partial charge in [0, 0.05) is 17.7 Å². The number of benzene rings is 2. The van der Waals surface area contributed by atoms with Gasteiger partial charge in [-0.3, -0.25) is 4.79 Å². The summed E-state index contributed by atoms with van der Waals surface area (Å²) in [5.74, 6) is 1.67. The first-order valence-corrected chi connectivity index (χ1v) is 7.02. The summed E-state index contributed by atoms with van der Waals surface area (Å²) in [5.41, 5.74) is 1.40. The monoisotopic (exact) mass is 313 g/mol. The number of anilines is 1. The number of para-hydroxylation sites is 2. The molecule has 0 bridgehead atoms. The van der Waals surface area contributed by atoms with Crippen molar-refractivity contribution in [3.05, 3.63) is 54.1 Å². The predicted octanol–water partition coefficient (Wildman–Crippen LogP) is 3.36. The van der Waals surface area contributed by atoms with E-state index >= 15 is 0 Å². The van der Waals surface area contributed by atoms with Crippen LogP contribution in [0, 0.1) is 0 Å². The Hall–Kier alpha value is -2.95. The van der Waals surface area contributed by atoms with Crippen LogP contribution in [-0.4, -0.2) is 27.2 Å². The van der Waals surface area contributed by atoms with Gasteiger partial charge in [-0.1, -0.05) is 12.1 Å². The molecule has 1 N–H and O–H groups in total. The van der Waals surface area contributed by atoms with E-state index in [1.54, 1.807) is 51.7 Å². The van der Waals surface area contributed by atoms with Crippen LogP contribution in [0.2, 0.25) is 0 Å². The topological polar surface area (TPSA) is 56.8 Å². The number of nitrogens with one attached hydrogen (secondary N) is 1. The largest absolute Gasteiger partial charge is 0.497 e. The quantitative estimate of drug-likeness (QED) is 0.831. The molecule has 23 heavy (non-hydrogen) atoms. The van der Waals surface area contributed by atoms with E-state index in [0.29, 0.717) is 22.9 Å². The Bertz CT molecular complexity index is 710. The van der Waals surface area contributed by atoms with Crippen molar-refractivity contribution in [2.24, 2.45) is 0 Å². The zero-order valence-electron chi connectivity index (χ0n) is 13.3. The molecular weight excluding hydrogens is 294 g/mol. The summed E-state index contributed by atoms with van der Waals surface area (Å²) in [7, 11) is 4.72. The van der Waals surface area contributed by atoms with Crippen molar-refractivity contribution in [1.29, 1.82) is 0 Å². The molecule has 0 fully saturated rings. The summed E-state index contributed by atoms with van der Waals surface area (Å²) in [6.45, 7) is 0. The van der Waals surface area contributed by atoms with Crippen LogP contribution in [-0.2, 0) is 4.79 Å². The highest BCUT2D eigenvalue weighted by Crippen LogP contribution is 2.26. The van der Waals surface area contributed by atoms with Crippen molar-refractivity contribution >= 4 is 17.7 Å². The number of carbonyl (C=O) groups excluding carboxylic acids is 1. The van der Waals surface area contributed by atoms with Crippen LogP contribution < -0.4 is 19.5 Å². The lowest BCUT2D eigenvalue weighted by molar-refractivity contribution is -0.111. The van der Waals surface area contributed by atoms with Crippen molar-refractivity contribution < 1.29 is 19.0 Å². The lowest BCUT2D eigenvalue weighted by Gasteiger charge is -2.08. The molecule has 0 aliphatic heterocycles. The number of hydrogen-bond acceptors (Lipinski definition) is 4. The third-order valence-corrected chi connectivity index (χ3v) is 3.22. The SMILES string of the molecule is COc1ccc(C=CC(=O)Nc2ccccc2OC)c(OC)c1. The number of amides is 1. The molecule has 2 rings (SSSR count). The maximum Gasteiger partial charge on any atom is 0.248 e. The maximum absolute atomic E-state index is 12.1. The van der Waals surface area contributed by atoms with E-state index in [-0.39, 0.29) is 5.91 Å². The minimum atomic E-state index is -0.257. The van der Waals surface area contributed by atoms with Crippen molar-refractivity contribution in [1.82, 2.24) is 0 Å². The summed E-state index contributed by atoms with van der Waals surface area (Å²) in [4.78, 5) is 12.1. The molecule has 120 valence electrons. The average molecular weight is 313 g/mol. The Morgan fingerprint density at radius 3 is 2.39 bits per heavy atom. The number of ether oxygens (including phenoxy) is 3. The zero-order chi connectivity index (χ0) is 16.7. The van der Waals surface area contributed by atoms with Crippen molar-refractivity contribution in [2.75, 3.05) is 26.6 Å². The Balaban J connectivity index is 2.12. The van der Waals surface area contributed by atoms with Crippen LogP contribution in [0.3, 0.4) is 0 Å². The van der Waals surface area contributed by atoms with Crippen LogP contribution in [0.5, 0.6) is 17.2 Å². The first kappa shape index (κ1) is 16.4. The van der Waals surface area contributed by atoms with E-state index < -0.39 is 0 Å². The molecule has 0 heterocycles. The summed E-state index contributed by atoms with van der Waals surface area (Å²) in [6.07, 6.45) is 3.12. The van der Waals surface area contributed by atoms with Crippen molar-refractivity contribution in [2.45, 2.75) is 0 Å². The highest BCUT2D eigenvalue weighted by Gasteiger charge is 2.05. The number of carbonyl (C=O) groups is 1. The smallest absolute Gasteiger partial charge is 0.248 e. The lowest BCUT2D eigenvalue weighted by Crippen LogP contribution is -2.08. The second-order valence-corrected chi connectivity index (χ2v) is 4.63. The van der Waals surface area contributed by atoms with E-state index in [9.17, 15) is 4.79 Å². The van der Waals surface area contributed by atoms with Crippen molar-refractivity contribution in [3.63, 3.8) is 0 Å². The third-order valence-electron chi connectivity index (χ3n) is 3.22. The van der Waals surface area contributed by atoms with Crippen LogP contribution >= 0.6 is 0 Å². The van der Waals surface area contributed by atoms with E-state index in [0.717, 1.165) is 5.56 Å². The molecule has 0 saturated heterocycles. The van der Waals surface area contributed by atoms with Gasteiger partial charge in [-0.15, -0.1) is 0 Å². The third kappa shape index (κ3) is 4.26. The summed E-state index contributed by atoms with van der Waals surface area (Å²) >= 11 is 0. The van der Waals surface area contributed by atoms with E-state index in [2.05, 4.69) is 5.32 Å². The Morgan fingerprint density at radius 1 is 0.957 bits per heavy atom. The fourth-order valence-corrected chi connectivity index (χ4v) is 2.04. The molecule has 0 aliphatic carbocycles. The van der Waals surface area contributed by atoms with Gasteiger partial charge in [-0.2, -0.15) is 0 Å². The van der Waals surface area contributed by atoms with Crippen molar-refractivity contribution in [3.8, 4) is 17.2 Å². The minimum Gasteiger partial charge on any atom is -0.497 e.